The van der Waals surface area contributed by atoms with E-state index in [-0.39, 0.29) is 0 Å². The van der Waals surface area contributed by atoms with E-state index >= 15 is 0 Å². The van der Waals surface area contributed by atoms with Crippen LogP contribution in [-0.2, 0) is 9.59 Å². The van der Waals surface area contributed by atoms with Crippen molar-refractivity contribution in [3.8, 4) is 0 Å². The topological polar surface area (TPSA) is 46.5 Å². The normalized spacial score (nSPS) is 14.4. The van der Waals surface area contributed by atoms with E-state index in [2.05, 4.69) is 4.99 Å². The predicted octanol–water partition coefficient (Wildman–Crippen LogP) is 0.503. The van der Waals surface area contributed by atoms with Gasteiger partial charge in [0, 0.05) is 11.3 Å². The van der Waals surface area contributed by atoms with Crippen LogP contribution in [-0.4, -0.2) is 11.7 Å². The molecule has 1 aromatic carbocycles. The van der Waals surface area contributed by atoms with Gasteiger partial charge in [0.15, 0.2) is 0 Å². The van der Waals surface area contributed by atoms with Crippen molar-refractivity contribution in [3.63, 3.8) is 0 Å². The Hall–Kier alpha value is -1.19. The minimum atomic E-state index is -0.782. The van der Waals surface area contributed by atoms with Gasteiger partial charge in [-0.25, -0.2) is 4.99 Å². The molecule has 14 heavy (non-hydrogen) atoms. The standard InChI is InChI=1S/C9H3Cl2NO2/c10-5-1-4-2-8(13)9(14)12-7(4)3-6(5)11/h1-3H. The molecule has 0 fully saturated rings. The Kier molecular flexibility index (Phi) is 2.13. The van der Waals surface area contributed by atoms with E-state index < -0.39 is 11.7 Å². The van der Waals surface area contributed by atoms with Gasteiger partial charge in [0.05, 0.1) is 15.4 Å². The highest BCUT2D eigenvalue weighted by atomic mass is 35.5. The highest BCUT2D eigenvalue weighted by Gasteiger charge is 2.13. The minimum Gasteiger partial charge on any atom is -0.284 e. The fourth-order valence-electron chi connectivity index (χ4n) is 1.13. The SMILES string of the molecule is O=C1C=c2cc(Cl)c(Cl)cc2=NC1=O. The minimum absolute atomic E-state index is 0.310. The smallest absolute Gasteiger partial charge is 0.284 e. The zero-order valence-electron chi connectivity index (χ0n) is 6.75. The molecule has 0 N–H and O–H groups in total. The van der Waals surface area contributed by atoms with E-state index in [4.69, 9.17) is 23.2 Å². The Morgan fingerprint density at radius 2 is 1.71 bits per heavy atom. The average molecular weight is 228 g/mol. The molecule has 0 saturated carbocycles. The molecule has 0 radical (unpaired) electrons. The zero-order chi connectivity index (χ0) is 10.3. The van der Waals surface area contributed by atoms with Crippen molar-refractivity contribution in [3.05, 3.63) is 32.8 Å². The lowest BCUT2D eigenvalue weighted by molar-refractivity contribution is -0.132. The van der Waals surface area contributed by atoms with E-state index in [0.717, 1.165) is 0 Å². The van der Waals surface area contributed by atoms with Crippen LogP contribution in [0.2, 0.25) is 10.0 Å². The molecule has 1 aliphatic heterocycles. The molecule has 0 aromatic heterocycles. The Morgan fingerprint density at radius 1 is 1.07 bits per heavy atom. The lowest BCUT2D eigenvalue weighted by Crippen LogP contribution is -2.33. The first-order valence-corrected chi connectivity index (χ1v) is 4.47. The summed E-state index contributed by atoms with van der Waals surface area (Å²) < 4.78 is 0. The quantitative estimate of drug-likeness (QED) is 0.607. The van der Waals surface area contributed by atoms with E-state index in [9.17, 15) is 9.59 Å². The molecule has 1 heterocycles. The number of carbonyl (C=O) groups is 2. The highest BCUT2D eigenvalue weighted by molar-refractivity contribution is 6.48. The van der Waals surface area contributed by atoms with Gasteiger partial charge in [-0.1, -0.05) is 23.2 Å². The molecule has 0 saturated heterocycles. The molecular formula is C9H3Cl2NO2. The van der Waals surface area contributed by atoms with Crippen molar-refractivity contribution in [1.82, 2.24) is 0 Å². The van der Waals surface area contributed by atoms with Gasteiger partial charge in [-0.3, -0.25) is 9.59 Å². The van der Waals surface area contributed by atoms with Gasteiger partial charge >= 0.3 is 5.91 Å². The van der Waals surface area contributed by atoms with E-state index in [1.165, 1.54) is 18.2 Å². The van der Waals surface area contributed by atoms with Crippen LogP contribution in [0.1, 0.15) is 0 Å². The van der Waals surface area contributed by atoms with Crippen LogP contribution < -0.4 is 10.6 Å². The number of benzene rings is 1. The van der Waals surface area contributed by atoms with Crippen molar-refractivity contribution in [2.45, 2.75) is 0 Å². The average Bonchev–Trinajstić information content (AvgIpc) is 2.11. The van der Waals surface area contributed by atoms with Gasteiger partial charge in [0.2, 0.25) is 5.78 Å². The second kappa shape index (κ2) is 3.19. The van der Waals surface area contributed by atoms with Crippen molar-refractivity contribution in [2.75, 3.05) is 0 Å². The Balaban J connectivity index is 2.87. The van der Waals surface area contributed by atoms with Crippen LogP contribution in [0, 0.1) is 0 Å². The van der Waals surface area contributed by atoms with Crippen LogP contribution in [0.15, 0.2) is 17.1 Å². The first-order valence-electron chi connectivity index (χ1n) is 3.72. The fourth-order valence-corrected chi connectivity index (χ4v) is 1.46. The monoisotopic (exact) mass is 227 g/mol. The van der Waals surface area contributed by atoms with Gasteiger partial charge < -0.3 is 0 Å². The number of rotatable bonds is 0. The van der Waals surface area contributed by atoms with E-state index in [1.807, 2.05) is 0 Å². The summed E-state index contributed by atoms with van der Waals surface area (Å²) in [7, 11) is 0. The summed E-state index contributed by atoms with van der Waals surface area (Å²) in [5.41, 5.74) is 0. The Labute approximate surface area is 88.7 Å². The second-order valence-corrected chi connectivity index (χ2v) is 3.57. The second-order valence-electron chi connectivity index (χ2n) is 2.75. The van der Waals surface area contributed by atoms with Gasteiger partial charge in [0.1, 0.15) is 0 Å². The molecule has 1 aliphatic rings. The van der Waals surface area contributed by atoms with E-state index in [1.54, 1.807) is 0 Å². The molecule has 2 rings (SSSR count). The Bertz CT molecular complexity index is 512. The number of hydrogen-bond acceptors (Lipinski definition) is 2. The van der Waals surface area contributed by atoms with Crippen LogP contribution in [0.4, 0.5) is 0 Å². The summed E-state index contributed by atoms with van der Waals surface area (Å²) in [5.74, 6) is -1.42. The number of carbonyl (C=O) groups excluding carboxylic acids is 2. The molecule has 0 spiro atoms. The first-order chi connectivity index (χ1) is 6.58. The third kappa shape index (κ3) is 1.45. The third-order valence-corrected chi connectivity index (χ3v) is 2.51. The number of halogens is 2. The van der Waals surface area contributed by atoms with Crippen LogP contribution in [0.25, 0.3) is 6.08 Å². The van der Waals surface area contributed by atoms with Crippen molar-refractivity contribution < 1.29 is 9.59 Å². The lowest BCUT2D eigenvalue weighted by Gasteiger charge is -1.99. The maximum Gasteiger partial charge on any atom is 0.317 e. The maximum absolute atomic E-state index is 11.0. The number of ketones is 1. The molecule has 0 aliphatic carbocycles. The molecule has 0 unspecified atom stereocenters. The fraction of sp³-hybridized carbons (Fsp3) is 0. The molecule has 1 amide bonds. The molecule has 3 nitrogen and oxygen atoms in total. The Morgan fingerprint density at radius 3 is 2.43 bits per heavy atom. The largest absolute Gasteiger partial charge is 0.317 e. The molecule has 70 valence electrons. The summed E-state index contributed by atoms with van der Waals surface area (Å²) >= 11 is 11.5. The number of amides is 1. The van der Waals surface area contributed by atoms with Crippen molar-refractivity contribution in [1.29, 1.82) is 0 Å². The maximum atomic E-state index is 11.0. The first kappa shape index (κ1) is 9.37. The van der Waals surface area contributed by atoms with E-state index in [0.29, 0.717) is 20.6 Å². The summed E-state index contributed by atoms with van der Waals surface area (Å²) in [6.07, 6.45) is 1.20. The lowest BCUT2D eigenvalue weighted by atomic mass is 10.2. The number of nitrogens with zero attached hydrogens (tertiary/aromatic N) is 1. The molecule has 5 heteroatoms. The summed E-state index contributed by atoms with van der Waals surface area (Å²) in [6, 6.07) is 2.97. The zero-order valence-corrected chi connectivity index (χ0v) is 8.26. The van der Waals surface area contributed by atoms with Crippen LogP contribution in [0.5, 0.6) is 0 Å². The van der Waals surface area contributed by atoms with Gasteiger partial charge in [0.25, 0.3) is 0 Å². The van der Waals surface area contributed by atoms with Gasteiger partial charge in [-0.2, -0.15) is 0 Å². The third-order valence-electron chi connectivity index (χ3n) is 1.79. The highest BCUT2D eigenvalue weighted by Crippen LogP contribution is 2.16. The molecule has 0 bridgehead atoms. The van der Waals surface area contributed by atoms with Crippen LogP contribution in [0.3, 0.4) is 0 Å². The number of fused-ring (bicyclic) bond motifs is 1. The summed E-state index contributed by atoms with van der Waals surface area (Å²) in [6.45, 7) is 0. The van der Waals surface area contributed by atoms with Gasteiger partial charge in [-0.05, 0) is 12.1 Å². The number of Topliss-reactive ketones (excluding diaryl/α,β-unsaturated/α-hetero) is 1. The summed E-state index contributed by atoms with van der Waals surface area (Å²) in [4.78, 5) is 25.5. The predicted molar refractivity (Wildman–Crippen MR) is 51.7 cm³/mol. The molecule has 1 aromatic rings. The van der Waals surface area contributed by atoms with Gasteiger partial charge in [-0.15, -0.1) is 0 Å². The summed E-state index contributed by atoms with van der Waals surface area (Å²) in [5, 5.41) is 1.54. The molecule has 0 atom stereocenters. The van der Waals surface area contributed by atoms with Crippen molar-refractivity contribution >= 4 is 41.0 Å². The molecular weight excluding hydrogens is 225 g/mol. The number of hydrogen-bond donors (Lipinski definition) is 0. The van der Waals surface area contributed by atoms with Crippen LogP contribution >= 0.6 is 23.2 Å². The van der Waals surface area contributed by atoms with Crippen molar-refractivity contribution in [2.24, 2.45) is 4.99 Å².